The average Bonchev–Trinajstić information content (AvgIpc) is 2.57. The first kappa shape index (κ1) is 14.4. The molecule has 0 aliphatic carbocycles. The summed E-state index contributed by atoms with van der Waals surface area (Å²) in [5.41, 5.74) is 1.90. The highest BCUT2D eigenvalue weighted by atomic mass is 19.1. The van der Waals surface area contributed by atoms with Gasteiger partial charge in [0.2, 0.25) is 5.95 Å². The maximum Gasteiger partial charge on any atom is 0.249 e. The molecular weight excluding hydrogens is 295 g/mol. The fraction of sp³-hybridized carbons (Fsp3) is 0. The van der Waals surface area contributed by atoms with Crippen LogP contribution >= 0.6 is 0 Å². The van der Waals surface area contributed by atoms with Crippen molar-refractivity contribution in [3.05, 3.63) is 66.1 Å². The predicted molar refractivity (Wildman–Crippen MR) is 83.9 cm³/mol. The van der Waals surface area contributed by atoms with E-state index >= 15 is 0 Å². The molecule has 0 atom stereocenters. The monoisotopic (exact) mass is 306 g/mol. The minimum atomic E-state index is -0.309. The zero-order valence-corrected chi connectivity index (χ0v) is 11.9. The number of anilines is 4. The summed E-state index contributed by atoms with van der Waals surface area (Å²) < 4.78 is 12.9. The van der Waals surface area contributed by atoms with Crippen molar-refractivity contribution in [2.24, 2.45) is 0 Å². The molecule has 2 N–H and O–H groups in total. The van der Waals surface area contributed by atoms with E-state index in [1.165, 1.54) is 18.3 Å². The number of halogens is 1. The Balaban J connectivity index is 1.77. The second-order valence-electron chi connectivity index (χ2n) is 4.61. The predicted octanol–water partition coefficient (Wildman–Crippen LogP) is 3.37. The van der Waals surface area contributed by atoms with Crippen molar-refractivity contribution < 1.29 is 4.39 Å². The van der Waals surface area contributed by atoms with Gasteiger partial charge in [-0.15, -0.1) is 5.10 Å². The minimum absolute atomic E-state index is 0.284. The third-order valence-electron chi connectivity index (χ3n) is 2.92. The van der Waals surface area contributed by atoms with Gasteiger partial charge in [-0.1, -0.05) is 6.07 Å². The van der Waals surface area contributed by atoms with Crippen molar-refractivity contribution in [2.45, 2.75) is 0 Å². The molecule has 23 heavy (non-hydrogen) atoms. The summed E-state index contributed by atoms with van der Waals surface area (Å²) in [7, 11) is 0. The summed E-state index contributed by atoms with van der Waals surface area (Å²) in [5.74, 6) is 0.439. The minimum Gasteiger partial charge on any atom is -0.339 e. The van der Waals surface area contributed by atoms with E-state index in [2.05, 4.69) is 31.9 Å². The van der Waals surface area contributed by atoms with Gasteiger partial charge in [-0.3, -0.25) is 0 Å². The van der Waals surface area contributed by atoms with Crippen molar-refractivity contribution >= 4 is 23.1 Å². The molecule has 0 saturated heterocycles. The Bertz CT molecular complexity index is 857. The molecule has 0 fully saturated rings. The van der Waals surface area contributed by atoms with Gasteiger partial charge in [0.1, 0.15) is 5.82 Å². The molecule has 0 saturated carbocycles. The third kappa shape index (κ3) is 3.77. The van der Waals surface area contributed by atoms with E-state index in [4.69, 9.17) is 5.26 Å². The lowest BCUT2D eigenvalue weighted by Crippen LogP contribution is -2.02. The first-order chi connectivity index (χ1) is 11.2. The molecule has 0 radical (unpaired) electrons. The Labute approximate surface area is 131 Å². The van der Waals surface area contributed by atoms with E-state index in [0.29, 0.717) is 22.8 Å². The molecule has 0 aliphatic heterocycles. The second-order valence-corrected chi connectivity index (χ2v) is 4.61. The van der Waals surface area contributed by atoms with Gasteiger partial charge in [-0.05, 0) is 42.5 Å². The molecule has 7 heteroatoms. The Morgan fingerprint density at radius 3 is 2.61 bits per heavy atom. The number of hydrogen-bond acceptors (Lipinski definition) is 6. The molecular formula is C16H11FN6. The highest BCUT2D eigenvalue weighted by Crippen LogP contribution is 2.17. The molecule has 0 bridgehead atoms. The average molecular weight is 306 g/mol. The van der Waals surface area contributed by atoms with Gasteiger partial charge in [-0.2, -0.15) is 15.3 Å². The summed E-state index contributed by atoms with van der Waals surface area (Å²) in [4.78, 5) is 4.27. The zero-order chi connectivity index (χ0) is 16.1. The zero-order valence-electron chi connectivity index (χ0n) is 11.9. The van der Waals surface area contributed by atoms with Crippen LogP contribution in [0.25, 0.3) is 0 Å². The number of aromatic nitrogens is 3. The van der Waals surface area contributed by atoms with Gasteiger partial charge in [0.25, 0.3) is 0 Å². The molecule has 2 aromatic carbocycles. The Morgan fingerprint density at radius 1 is 1.00 bits per heavy atom. The number of rotatable bonds is 4. The molecule has 1 aromatic heterocycles. The van der Waals surface area contributed by atoms with E-state index in [0.717, 1.165) is 0 Å². The van der Waals surface area contributed by atoms with E-state index in [1.807, 2.05) is 0 Å². The van der Waals surface area contributed by atoms with Crippen LogP contribution in [0.5, 0.6) is 0 Å². The molecule has 0 aliphatic rings. The maximum atomic E-state index is 12.9. The second kappa shape index (κ2) is 6.49. The summed E-state index contributed by atoms with van der Waals surface area (Å²) >= 11 is 0. The number of nitrogens with one attached hydrogen (secondary N) is 2. The normalized spacial score (nSPS) is 9.91. The van der Waals surface area contributed by atoms with Crippen LogP contribution in [0.3, 0.4) is 0 Å². The van der Waals surface area contributed by atoms with Gasteiger partial charge in [0.05, 0.1) is 17.8 Å². The lowest BCUT2D eigenvalue weighted by atomic mass is 10.2. The van der Waals surface area contributed by atoms with Crippen molar-refractivity contribution in [3.8, 4) is 6.07 Å². The van der Waals surface area contributed by atoms with Crippen LogP contribution in [-0.2, 0) is 0 Å². The highest BCUT2D eigenvalue weighted by Gasteiger charge is 2.03. The Kier molecular flexibility index (Phi) is 4.07. The van der Waals surface area contributed by atoms with E-state index in [-0.39, 0.29) is 11.8 Å². The quantitative estimate of drug-likeness (QED) is 0.768. The molecule has 112 valence electrons. The molecule has 0 spiro atoms. The molecule has 6 nitrogen and oxygen atoms in total. The van der Waals surface area contributed by atoms with Crippen LogP contribution in [-0.4, -0.2) is 15.2 Å². The molecule has 3 aromatic rings. The third-order valence-corrected chi connectivity index (χ3v) is 2.92. The highest BCUT2D eigenvalue weighted by molar-refractivity contribution is 5.59. The van der Waals surface area contributed by atoms with E-state index < -0.39 is 0 Å². The van der Waals surface area contributed by atoms with Gasteiger partial charge in [-0.25, -0.2) is 4.39 Å². The van der Waals surface area contributed by atoms with E-state index in [9.17, 15) is 4.39 Å². The maximum absolute atomic E-state index is 12.9. The van der Waals surface area contributed by atoms with Gasteiger partial charge in [0, 0.05) is 11.4 Å². The number of nitrogens with zero attached hydrogens (tertiary/aromatic N) is 4. The molecule has 0 unspecified atom stereocenters. The molecule has 3 rings (SSSR count). The summed E-state index contributed by atoms with van der Waals surface area (Å²) in [6.45, 7) is 0. The molecule has 1 heterocycles. The van der Waals surface area contributed by atoms with Gasteiger partial charge in [0.15, 0.2) is 5.82 Å². The number of hydrogen-bond donors (Lipinski definition) is 2. The SMILES string of the molecule is N#Cc1cccc(Nc2nncc(Nc3ccc(F)cc3)n2)c1. The van der Waals surface area contributed by atoms with Crippen molar-refractivity contribution in [2.75, 3.05) is 10.6 Å². The summed E-state index contributed by atoms with van der Waals surface area (Å²) in [6.07, 6.45) is 1.46. The van der Waals surface area contributed by atoms with Crippen molar-refractivity contribution in [1.29, 1.82) is 5.26 Å². The van der Waals surface area contributed by atoms with Gasteiger partial charge >= 0.3 is 0 Å². The topological polar surface area (TPSA) is 86.5 Å². The number of benzene rings is 2. The Hall–Kier alpha value is -3.53. The first-order valence-corrected chi connectivity index (χ1v) is 6.72. The van der Waals surface area contributed by atoms with Crippen LogP contribution in [0.15, 0.2) is 54.7 Å². The van der Waals surface area contributed by atoms with Gasteiger partial charge < -0.3 is 10.6 Å². The van der Waals surface area contributed by atoms with Crippen molar-refractivity contribution in [1.82, 2.24) is 15.2 Å². The Morgan fingerprint density at radius 2 is 1.83 bits per heavy atom. The first-order valence-electron chi connectivity index (χ1n) is 6.72. The molecule has 0 amide bonds. The lowest BCUT2D eigenvalue weighted by Gasteiger charge is -2.07. The van der Waals surface area contributed by atoms with Crippen LogP contribution in [0.2, 0.25) is 0 Å². The van der Waals surface area contributed by atoms with Crippen LogP contribution in [0.4, 0.5) is 27.5 Å². The van der Waals surface area contributed by atoms with E-state index in [1.54, 1.807) is 36.4 Å². The van der Waals surface area contributed by atoms with Crippen LogP contribution < -0.4 is 10.6 Å². The van der Waals surface area contributed by atoms with Crippen LogP contribution in [0, 0.1) is 17.1 Å². The summed E-state index contributed by atoms with van der Waals surface area (Å²) in [5, 5.41) is 22.6. The fourth-order valence-corrected chi connectivity index (χ4v) is 1.89. The van der Waals surface area contributed by atoms with Crippen molar-refractivity contribution in [3.63, 3.8) is 0 Å². The smallest absolute Gasteiger partial charge is 0.249 e. The lowest BCUT2D eigenvalue weighted by molar-refractivity contribution is 0.628. The summed E-state index contributed by atoms with van der Waals surface area (Å²) in [6, 6.07) is 14.9. The largest absolute Gasteiger partial charge is 0.339 e. The van der Waals surface area contributed by atoms with Crippen LogP contribution in [0.1, 0.15) is 5.56 Å². The fourth-order valence-electron chi connectivity index (χ4n) is 1.89. The standard InChI is InChI=1S/C16H11FN6/c17-12-4-6-13(7-5-12)20-15-10-19-23-16(22-15)21-14-3-1-2-11(8-14)9-18/h1-8,10H,(H2,20,21,22,23). The number of nitriles is 1.